The fourth-order valence-electron chi connectivity index (χ4n) is 1.90. The molecule has 1 aliphatic carbocycles. The predicted molar refractivity (Wildman–Crippen MR) is 54.4 cm³/mol. The summed E-state index contributed by atoms with van der Waals surface area (Å²) in [6.07, 6.45) is 6.14. The first-order chi connectivity index (χ1) is 6.29. The normalized spacial score (nSPS) is 16.8. The number of aliphatic hydroxyl groups is 1. The van der Waals surface area contributed by atoms with Crippen molar-refractivity contribution in [3.8, 4) is 0 Å². The van der Waals surface area contributed by atoms with Gasteiger partial charge in [-0.05, 0) is 36.5 Å². The summed E-state index contributed by atoms with van der Waals surface area (Å²) in [5.74, 6) is 0. The Kier molecular flexibility index (Phi) is 2.19. The van der Waals surface area contributed by atoms with E-state index >= 15 is 0 Å². The summed E-state index contributed by atoms with van der Waals surface area (Å²) in [5, 5.41) is 9.56. The zero-order valence-electron chi connectivity index (χ0n) is 7.83. The van der Waals surface area contributed by atoms with Crippen molar-refractivity contribution < 1.29 is 5.11 Å². The lowest BCUT2D eigenvalue weighted by atomic mass is 9.91. The van der Waals surface area contributed by atoms with Gasteiger partial charge in [0.15, 0.2) is 0 Å². The molecule has 0 heterocycles. The Morgan fingerprint density at radius 2 is 2.23 bits per heavy atom. The van der Waals surface area contributed by atoms with E-state index in [1.165, 1.54) is 11.1 Å². The average Bonchev–Trinajstić information content (AvgIpc) is 2.17. The lowest BCUT2D eigenvalue weighted by Gasteiger charge is -2.16. The van der Waals surface area contributed by atoms with E-state index in [-0.39, 0.29) is 6.10 Å². The molecule has 1 atom stereocenters. The second kappa shape index (κ2) is 3.35. The van der Waals surface area contributed by atoms with E-state index in [1.54, 1.807) is 0 Å². The smallest absolute Gasteiger partial charge is 0.0764 e. The maximum atomic E-state index is 9.56. The van der Waals surface area contributed by atoms with Gasteiger partial charge in [0.25, 0.3) is 0 Å². The Bertz CT molecular complexity index is 337. The minimum Gasteiger partial charge on any atom is -0.389 e. The van der Waals surface area contributed by atoms with Gasteiger partial charge in [-0.1, -0.05) is 30.4 Å². The number of hydrogen-bond donors (Lipinski definition) is 1. The van der Waals surface area contributed by atoms with Crippen molar-refractivity contribution in [1.29, 1.82) is 0 Å². The van der Waals surface area contributed by atoms with Gasteiger partial charge in [0.1, 0.15) is 0 Å². The molecule has 0 bridgehead atoms. The highest BCUT2D eigenvalue weighted by Gasteiger charge is 2.11. The summed E-state index contributed by atoms with van der Waals surface area (Å²) in [6, 6.07) is 6.14. The largest absolute Gasteiger partial charge is 0.389 e. The van der Waals surface area contributed by atoms with Gasteiger partial charge in [-0.25, -0.2) is 0 Å². The molecule has 0 amide bonds. The quantitative estimate of drug-likeness (QED) is 0.694. The van der Waals surface area contributed by atoms with Gasteiger partial charge >= 0.3 is 0 Å². The lowest BCUT2D eigenvalue weighted by Crippen LogP contribution is -2.02. The van der Waals surface area contributed by atoms with E-state index in [2.05, 4.69) is 18.2 Å². The standard InChI is InChI=1S/C12H14O/c1-9(13)11-8-4-6-10-5-2-3-7-12(10)11/h2,4-6,8-9,13H,3,7H2,1H3. The average molecular weight is 174 g/mol. The summed E-state index contributed by atoms with van der Waals surface area (Å²) in [5.41, 5.74) is 3.67. The predicted octanol–water partition coefficient (Wildman–Crippen LogP) is 2.70. The van der Waals surface area contributed by atoms with E-state index in [0.29, 0.717) is 0 Å². The third-order valence-corrected chi connectivity index (χ3v) is 2.56. The zero-order chi connectivity index (χ0) is 9.26. The SMILES string of the molecule is CC(O)c1cccc2c1CCC=C2. The molecule has 68 valence electrons. The van der Waals surface area contributed by atoms with E-state index in [1.807, 2.05) is 19.1 Å². The maximum absolute atomic E-state index is 9.56. The number of hydrogen-bond acceptors (Lipinski definition) is 1. The Labute approximate surface area is 78.7 Å². The minimum absolute atomic E-state index is 0.346. The monoisotopic (exact) mass is 174 g/mol. The summed E-state index contributed by atoms with van der Waals surface area (Å²) in [6.45, 7) is 1.83. The van der Waals surface area contributed by atoms with Crippen LogP contribution >= 0.6 is 0 Å². The molecule has 1 heteroatoms. The molecule has 0 aliphatic heterocycles. The zero-order valence-corrected chi connectivity index (χ0v) is 7.83. The summed E-state index contributed by atoms with van der Waals surface area (Å²) in [7, 11) is 0. The second-order valence-electron chi connectivity index (χ2n) is 3.53. The third kappa shape index (κ3) is 1.52. The van der Waals surface area contributed by atoms with Crippen molar-refractivity contribution in [2.24, 2.45) is 0 Å². The van der Waals surface area contributed by atoms with E-state index < -0.39 is 0 Å². The van der Waals surface area contributed by atoms with Crippen molar-refractivity contribution >= 4 is 6.08 Å². The van der Waals surface area contributed by atoms with Gasteiger partial charge < -0.3 is 5.11 Å². The van der Waals surface area contributed by atoms with Crippen LogP contribution in [0.15, 0.2) is 24.3 Å². The number of benzene rings is 1. The Balaban J connectivity index is 2.53. The van der Waals surface area contributed by atoms with Crippen LogP contribution in [0.5, 0.6) is 0 Å². The first-order valence-electron chi connectivity index (χ1n) is 4.75. The molecule has 1 N–H and O–H groups in total. The molecule has 1 aromatic rings. The molecule has 0 spiro atoms. The topological polar surface area (TPSA) is 20.2 Å². The number of fused-ring (bicyclic) bond motifs is 1. The van der Waals surface area contributed by atoms with Crippen molar-refractivity contribution in [1.82, 2.24) is 0 Å². The van der Waals surface area contributed by atoms with Gasteiger partial charge in [-0.3, -0.25) is 0 Å². The summed E-state index contributed by atoms with van der Waals surface area (Å²) >= 11 is 0. The molecule has 1 unspecified atom stereocenters. The molecular weight excluding hydrogens is 160 g/mol. The van der Waals surface area contributed by atoms with Crippen LogP contribution in [0.3, 0.4) is 0 Å². The van der Waals surface area contributed by atoms with E-state index in [0.717, 1.165) is 18.4 Å². The molecule has 0 saturated heterocycles. The third-order valence-electron chi connectivity index (χ3n) is 2.56. The van der Waals surface area contributed by atoms with Crippen LogP contribution in [0.1, 0.15) is 36.1 Å². The molecule has 1 nitrogen and oxygen atoms in total. The van der Waals surface area contributed by atoms with Gasteiger partial charge in [0.05, 0.1) is 6.10 Å². The lowest BCUT2D eigenvalue weighted by molar-refractivity contribution is 0.198. The van der Waals surface area contributed by atoms with Crippen LogP contribution in [0, 0.1) is 0 Å². The Hall–Kier alpha value is -1.08. The Morgan fingerprint density at radius 1 is 1.38 bits per heavy atom. The van der Waals surface area contributed by atoms with E-state index in [9.17, 15) is 5.11 Å². The van der Waals surface area contributed by atoms with Crippen LogP contribution < -0.4 is 0 Å². The summed E-state index contributed by atoms with van der Waals surface area (Å²) in [4.78, 5) is 0. The van der Waals surface area contributed by atoms with Gasteiger partial charge in [-0.15, -0.1) is 0 Å². The fourth-order valence-corrected chi connectivity index (χ4v) is 1.90. The maximum Gasteiger partial charge on any atom is 0.0764 e. The van der Waals surface area contributed by atoms with Crippen molar-refractivity contribution in [3.05, 3.63) is 41.0 Å². The molecule has 1 aromatic carbocycles. The number of aliphatic hydroxyl groups excluding tert-OH is 1. The van der Waals surface area contributed by atoms with Crippen molar-refractivity contribution in [2.75, 3.05) is 0 Å². The van der Waals surface area contributed by atoms with Gasteiger partial charge in [0, 0.05) is 0 Å². The van der Waals surface area contributed by atoms with Crippen LogP contribution in [0.25, 0.3) is 6.08 Å². The number of allylic oxidation sites excluding steroid dienone is 1. The summed E-state index contributed by atoms with van der Waals surface area (Å²) < 4.78 is 0. The van der Waals surface area contributed by atoms with Crippen LogP contribution in [0.2, 0.25) is 0 Å². The van der Waals surface area contributed by atoms with Crippen LogP contribution in [-0.4, -0.2) is 5.11 Å². The highest BCUT2D eigenvalue weighted by molar-refractivity contribution is 5.58. The van der Waals surface area contributed by atoms with Crippen molar-refractivity contribution in [3.63, 3.8) is 0 Å². The Morgan fingerprint density at radius 3 is 3.00 bits per heavy atom. The first-order valence-corrected chi connectivity index (χ1v) is 4.75. The molecule has 0 aromatic heterocycles. The molecule has 0 radical (unpaired) electrons. The van der Waals surface area contributed by atoms with Crippen LogP contribution in [0.4, 0.5) is 0 Å². The molecule has 2 rings (SSSR count). The second-order valence-corrected chi connectivity index (χ2v) is 3.53. The first kappa shape index (κ1) is 8.52. The fraction of sp³-hybridized carbons (Fsp3) is 0.333. The molecule has 0 saturated carbocycles. The molecular formula is C12H14O. The highest BCUT2D eigenvalue weighted by atomic mass is 16.3. The highest BCUT2D eigenvalue weighted by Crippen LogP contribution is 2.26. The molecule has 1 aliphatic rings. The van der Waals surface area contributed by atoms with Gasteiger partial charge in [-0.2, -0.15) is 0 Å². The molecule has 0 fully saturated rings. The number of rotatable bonds is 1. The van der Waals surface area contributed by atoms with E-state index in [4.69, 9.17) is 0 Å². The van der Waals surface area contributed by atoms with Crippen LogP contribution in [-0.2, 0) is 6.42 Å². The molecule has 13 heavy (non-hydrogen) atoms. The van der Waals surface area contributed by atoms with Crippen molar-refractivity contribution in [2.45, 2.75) is 25.9 Å². The van der Waals surface area contributed by atoms with Gasteiger partial charge in [0.2, 0.25) is 0 Å². The minimum atomic E-state index is -0.346.